The number of carbonyl (C=O) groups excluding carboxylic acids is 1. The number of nitrogens with zero attached hydrogens (tertiary/aromatic N) is 4. The molecule has 1 aliphatic rings. The molecular formula is C14H13ClF3N5O. The van der Waals surface area contributed by atoms with E-state index in [0.29, 0.717) is 18.8 Å². The number of hydrogen-bond donors (Lipinski definition) is 1. The smallest absolute Gasteiger partial charge is 0.351 e. The van der Waals surface area contributed by atoms with Crippen LogP contribution in [0.25, 0.3) is 0 Å². The monoisotopic (exact) mass is 359 g/mol. The Morgan fingerprint density at radius 1 is 1.42 bits per heavy atom. The van der Waals surface area contributed by atoms with E-state index in [1.807, 2.05) is 0 Å². The summed E-state index contributed by atoms with van der Waals surface area (Å²) >= 11 is 5.89. The van der Waals surface area contributed by atoms with Crippen LogP contribution in [0.1, 0.15) is 16.1 Å². The summed E-state index contributed by atoms with van der Waals surface area (Å²) in [5, 5.41) is 6.72. The van der Waals surface area contributed by atoms with Crippen molar-refractivity contribution in [2.24, 2.45) is 7.05 Å². The van der Waals surface area contributed by atoms with E-state index in [-0.39, 0.29) is 22.8 Å². The molecular weight excluding hydrogens is 347 g/mol. The molecule has 0 aliphatic carbocycles. The molecule has 1 fully saturated rings. The van der Waals surface area contributed by atoms with Gasteiger partial charge in [0.1, 0.15) is 11.5 Å². The fourth-order valence-corrected chi connectivity index (χ4v) is 2.64. The number of carbonyl (C=O) groups is 1. The Balaban J connectivity index is 1.59. The van der Waals surface area contributed by atoms with Gasteiger partial charge >= 0.3 is 6.18 Å². The van der Waals surface area contributed by atoms with Crippen molar-refractivity contribution in [1.82, 2.24) is 20.1 Å². The van der Waals surface area contributed by atoms with Gasteiger partial charge in [-0.2, -0.15) is 18.3 Å². The molecule has 0 bridgehead atoms. The minimum absolute atomic E-state index is 0.0701. The van der Waals surface area contributed by atoms with E-state index in [4.69, 9.17) is 11.6 Å². The highest BCUT2D eigenvalue weighted by atomic mass is 35.5. The first kappa shape index (κ1) is 16.6. The fourth-order valence-electron chi connectivity index (χ4n) is 2.36. The van der Waals surface area contributed by atoms with Gasteiger partial charge in [-0.15, -0.1) is 0 Å². The van der Waals surface area contributed by atoms with Crippen molar-refractivity contribution in [2.45, 2.75) is 12.2 Å². The first-order valence-corrected chi connectivity index (χ1v) is 7.40. The minimum atomic E-state index is -4.48. The van der Waals surface area contributed by atoms with Crippen LogP contribution in [-0.4, -0.2) is 39.8 Å². The Bertz CT molecular complexity index is 770. The second-order valence-corrected chi connectivity index (χ2v) is 5.88. The van der Waals surface area contributed by atoms with Gasteiger partial charge < -0.3 is 10.2 Å². The largest absolute Gasteiger partial charge is 0.417 e. The number of halogens is 4. The predicted molar refractivity (Wildman–Crippen MR) is 80.9 cm³/mol. The van der Waals surface area contributed by atoms with Crippen LogP contribution in [0.5, 0.6) is 0 Å². The van der Waals surface area contributed by atoms with Gasteiger partial charge in [-0.25, -0.2) is 4.98 Å². The molecule has 2 aromatic heterocycles. The van der Waals surface area contributed by atoms with Crippen LogP contribution in [0.15, 0.2) is 24.5 Å². The molecule has 1 saturated heterocycles. The Morgan fingerprint density at radius 2 is 2.12 bits per heavy atom. The number of rotatable bonds is 3. The SMILES string of the molecule is Cn1ccc(C(=O)NC2CN(c3ncc(C(F)(F)F)cc3Cl)C2)n1. The molecule has 0 saturated carbocycles. The lowest BCUT2D eigenvalue weighted by atomic mass is 10.1. The number of nitrogens with one attached hydrogen (secondary N) is 1. The molecule has 2 aromatic rings. The van der Waals surface area contributed by atoms with Crippen molar-refractivity contribution < 1.29 is 18.0 Å². The highest BCUT2D eigenvalue weighted by Gasteiger charge is 2.34. The summed E-state index contributed by atoms with van der Waals surface area (Å²) in [6, 6.07) is 2.31. The lowest BCUT2D eigenvalue weighted by Gasteiger charge is -2.40. The van der Waals surface area contributed by atoms with E-state index in [0.717, 1.165) is 12.3 Å². The first-order chi connectivity index (χ1) is 11.2. The van der Waals surface area contributed by atoms with Crippen molar-refractivity contribution in [3.05, 3.63) is 40.8 Å². The standard InChI is InChI=1S/C14H13ClF3N5O/c1-22-3-2-11(21-22)13(24)20-9-6-23(7-9)12-10(15)4-8(5-19-12)14(16,17)18/h2-5,9H,6-7H2,1H3,(H,20,24). The molecule has 0 aromatic carbocycles. The number of alkyl halides is 3. The van der Waals surface area contributed by atoms with E-state index < -0.39 is 11.7 Å². The normalized spacial score (nSPS) is 15.3. The first-order valence-electron chi connectivity index (χ1n) is 7.02. The number of aryl methyl sites for hydroxylation is 1. The van der Waals surface area contributed by atoms with Crippen LogP contribution in [0.3, 0.4) is 0 Å². The number of pyridine rings is 1. The summed E-state index contributed by atoms with van der Waals surface area (Å²) in [5.41, 5.74) is -0.585. The third-order valence-corrected chi connectivity index (χ3v) is 3.89. The summed E-state index contributed by atoms with van der Waals surface area (Å²) in [6.07, 6.45) is -2.07. The van der Waals surface area contributed by atoms with Gasteiger partial charge in [-0.1, -0.05) is 11.6 Å². The summed E-state index contributed by atoms with van der Waals surface area (Å²) in [6.45, 7) is 0.827. The molecule has 128 valence electrons. The maximum absolute atomic E-state index is 12.6. The maximum atomic E-state index is 12.6. The van der Waals surface area contributed by atoms with Crippen molar-refractivity contribution in [2.75, 3.05) is 18.0 Å². The lowest BCUT2D eigenvalue weighted by Crippen LogP contribution is -2.59. The second kappa shape index (κ2) is 5.97. The zero-order valence-corrected chi connectivity index (χ0v) is 13.3. The predicted octanol–water partition coefficient (Wildman–Crippen LogP) is 2.11. The Labute approximate surface area is 140 Å². The Morgan fingerprint density at radius 3 is 2.67 bits per heavy atom. The van der Waals surface area contributed by atoms with Crippen LogP contribution >= 0.6 is 11.6 Å². The molecule has 0 atom stereocenters. The maximum Gasteiger partial charge on any atom is 0.417 e. The highest BCUT2D eigenvalue weighted by Crippen LogP contribution is 2.34. The fraction of sp³-hybridized carbons (Fsp3) is 0.357. The van der Waals surface area contributed by atoms with Gasteiger partial charge in [0.2, 0.25) is 0 Å². The Kier molecular flexibility index (Phi) is 4.12. The topological polar surface area (TPSA) is 63.1 Å². The molecule has 1 aliphatic heterocycles. The summed E-state index contributed by atoms with van der Waals surface area (Å²) in [4.78, 5) is 17.4. The van der Waals surface area contributed by atoms with Gasteiger partial charge in [0, 0.05) is 32.5 Å². The number of aromatic nitrogens is 3. The average molecular weight is 360 g/mol. The summed E-state index contributed by atoms with van der Waals surface area (Å²) < 4.78 is 39.3. The second-order valence-electron chi connectivity index (χ2n) is 5.48. The minimum Gasteiger partial charge on any atom is -0.351 e. The van der Waals surface area contributed by atoms with Crippen LogP contribution in [0.2, 0.25) is 5.02 Å². The zero-order chi connectivity index (χ0) is 17.5. The molecule has 0 spiro atoms. The lowest BCUT2D eigenvalue weighted by molar-refractivity contribution is -0.137. The summed E-state index contributed by atoms with van der Waals surface area (Å²) in [5.74, 6) is -0.0280. The molecule has 3 rings (SSSR count). The average Bonchev–Trinajstić information content (AvgIpc) is 2.88. The highest BCUT2D eigenvalue weighted by molar-refractivity contribution is 6.33. The van der Waals surface area contributed by atoms with Gasteiger partial charge in [-0.3, -0.25) is 9.48 Å². The third kappa shape index (κ3) is 3.30. The van der Waals surface area contributed by atoms with Crippen LogP contribution in [-0.2, 0) is 13.2 Å². The van der Waals surface area contributed by atoms with E-state index >= 15 is 0 Å². The molecule has 0 radical (unpaired) electrons. The zero-order valence-electron chi connectivity index (χ0n) is 12.5. The van der Waals surface area contributed by atoms with Gasteiger partial charge in [-0.05, 0) is 12.1 Å². The number of hydrogen-bond acceptors (Lipinski definition) is 4. The molecule has 6 nitrogen and oxygen atoms in total. The Hall–Kier alpha value is -2.29. The quantitative estimate of drug-likeness (QED) is 0.911. The van der Waals surface area contributed by atoms with Crippen molar-refractivity contribution >= 4 is 23.3 Å². The van der Waals surface area contributed by atoms with E-state index in [1.54, 1.807) is 24.2 Å². The molecule has 1 N–H and O–H groups in total. The van der Waals surface area contributed by atoms with Crippen LogP contribution < -0.4 is 10.2 Å². The van der Waals surface area contributed by atoms with E-state index in [2.05, 4.69) is 15.4 Å². The van der Waals surface area contributed by atoms with Crippen LogP contribution in [0, 0.1) is 0 Å². The van der Waals surface area contributed by atoms with Crippen molar-refractivity contribution in [3.63, 3.8) is 0 Å². The summed E-state index contributed by atoms with van der Waals surface area (Å²) in [7, 11) is 1.71. The van der Waals surface area contributed by atoms with Gasteiger partial charge in [0.05, 0.1) is 16.6 Å². The van der Waals surface area contributed by atoms with Gasteiger partial charge in [0.15, 0.2) is 0 Å². The van der Waals surface area contributed by atoms with E-state index in [9.17, 15) is 18.0 Å². The van der Waals surface area contributed by atoms with Crippen LogP contribution in [0.4, 0.5) is 19.0 Å². The molecule has 10 heteroatoms. The molecule has 0 unspecified atom stereocenters. The molecule has 24 heavy (non-hydrogen) atoms. The number of anilines is 1. The van der Waals surface area contributed by atoms with Crippen molar-refractivity contribution in [1.29, 1.82) is 0 Å². The van der Waals surface area contributed by atoms with Gasteiger partial charge in [0.25, 0.3) is 5.91 Å². The molecule has 1 amide bonds. The van der Waals surface area contributed by atoms with Crippen molar-refractivity contribution in [3.8, 4) is 0 Å². The third-order valence-electron chi connectivity index (χ3n) is 3.61. The van der Waals surface area contributed by atoms with E-state index in [1.165, 1.54) is 4.68 Å². The molecule has 3 heterocycles. The number of amides is 1.